The summed E-state index contributed by atoms with van der Waals surface area (Å²) >= 11 is 0. The molecule has 0 saturated heterocycles. The number of rotatable bonds is 2. The summed E-state index contributed by atoms with van der Waals surface area (Å²) in [6, 6.07) is 0.139. The van der Waals surface area contributed by atoms with Crippen LogP contribution in [0, 0.1) is 6.92 Å². The molecule has 2 N–H and O–H groups in total. The van der Waals surface area contributed by atoms with Gasteiger partial charge in [0.05, 0.1) is 18.3 Å². The first kappa shape index (κ1) is 15.8. The predicted octanol–water partition coefficient (Wildman–Crippen LogP) is 1.20. The number of hydrogen-bond donors (Lipinski definition) is 2. The van der Waals surface area contributed by atoms with Crippen LogP contribution in [0.5, 0.6) is 0 Å². The summed E-state index contributed by atoms with van der Waals surface area (Å²) < 4.78 is 3.70. The smallest absolute Gasteiger partial charge is 0.263 e. The Kier molecular flexibility index (Phi) is 3.41. The standard InChI is InChI=1S/C16H22N8O/c1-9-18-12-6-5-10(8-23(12)22-9)19-15-20-13-11(14(25)21-15)7-17-24(13)16(2,3)4/h7,10H,5-6,8H2,1-4H3,(H2,19,20,21,25)/t10-/m1/s1. The fourth-order valence-corrected chi connectivity index (χ4v) is 3.22. The molecule has 0 fully saturated rings. The van der Waals surface area contributed by atoms with Crippen molar-refractivity contribution >= 4 is 17.0 Å². The average molecular weight is 342 g/mol. The van der Waals surface area contributed by atoms with Crippen molar-refractivity contribution in [3.63, 3.8) is 0 Å². The Hall–Kier alpha value is -2.71. The first-order valence-corrected chi connectivity index (χ1v) is 8.46. The minimum Gasteiger partial charge on any atom is -0.351 e. The van der Waals surface area contributed by atoms with Crippen molar-refractivity contribution in [2.45, 2.75) is 58.7 Å². The lowest BCUT2D eigenvalue weighted by Gasteiger charge is -2.24. The Morgan fingerprint density at radius 1 is 1.32 bits per heavy atom. The summed E-state index contributed by atoms with van der Waals surface area (Å²) in [7, 11) is 0. The summed E-state index contributed by atoms with van der Waals surface area (Å²) in [6.45, 7) is 8.70. The van der Waals surface area contributed by atoms with Crippen molar-refractivity contribution in [3.05, 3.63) is 28.2 Å². The van der Waals surface area contributed by atoms with Gasteiger partial charge in [0.25, 0.3) is 5.56 Å². The van der Waals surface area contributed by atoms with E-state index in [0.29, 0.717) is 23.5 Å². The molecule has 4 heterocycles. The van der Waals surface area contributed by atoms with Gasteiger partial charge in [-0.25, -0.2) is 14.3 Å². The number of aromatic nitrogens is 7. The molecule has 1 aliphatic heterocycles. The molecular weight excluding hydrogens is 320 g/mol. The Bertz CT molecular complexity index is 990. The number of fused-ring (bicyclic) bond motifs is 2. The first-order chi connectivity index (χ1) is 11.8. The number of anilines is 1. The van der Waals surface area contributed by atoms with E-state index in [-0.39, 0.29) is 17.1 Å². The predicted molar refractivity (Wildman–Crippen MR) is 93.6 cm³/mol. The topological polar surface area (TPSA) is 106 Å². The number of aromatic amines is 1. The van der Waals surface area contributed by atoms with Crippen LogP contribution in [-0.2, 0) is 18.5 Å². The molecule has 0 aromatic carbocycles. The first-order valence-electron chi connectivity index (χ1n) is 8.46. The molecule has 1 aliphatic rings. The summed E-state index contributed by atoms with van der Waals surface area (Å²) in [5.74, 6) is 2.27. The molecule has 0 unspecified atom stereocenters. The van der Waals surface area contributed by atoms with Crippen molar-refractivity contribution in [1.82, 2.24) is 34.5 Å². The van der Waals surface area contributed by atoms with Crippen LogP contribution in [-0.4, -0.2) is 40.6 Å². The Morgan fingerprint density at radius 3 is 2.88 bits per heavy atom. The third-order valence-corrected chi connectivity index (χ3v) is 4.38. The minimum atomic E-state index is -0.252. The zero-order chi connectivity index (χ0) is 17.8. The van der Waals surface area contributed by atoms with Gasteiger partial charge in [0.2, 0.25) is 5.95 Å². The SMILES string of the molecule is Cc1nc2n(n1)C[C@H](Nc1nc3c(cnn3C(C)(C)C)c(=O)[nH]1)CC2. The molecule has 0 bridgehead atoms. The highest BCUT2D eigenvalue weighted by Gasteiger charge is 2.23. The van der Waals surface area contributed by atoms with E-state index in [1.165, 1.54) is 0 Å². The summed E-state index contributed by atoms with van der Waals surface area (Å²) in [4.78, 5) is 24.2. The zero-order valence-electron chi connectivity index (χ0n) is 14.9. The van der Waals surface area contributed by atoms with Crippen LogP contribution >= 0.6 is 0 Å². The fourth-order valence-electron chi connectivity index (χ4n) is 3.22. The number of nitrogens with one attached hydrogen (secondary N) is 2. The van der Waals surface area contributed by atoms with Crippen LogP contribution in [0.1, 0.15) is 38.8 Å². The lowest BCUT2D eigenvalue weighted by molar-refractivity contribution is 0.366. The van der Waals surface area contributed by atoms with E-state index in [4.69, 9.17) is 0 Å². The molecule has 1 atom stereocenters. The molecule has 0 aliphatic carbocycles. The molecule has 3 aromatic heterocycles. The quantitative estimate of drug-likeness (QED) is 0.725. The second-order valence-electron chi connectivity index (χ2n) is 7.52. The average Bonchev–Trinajstić information content (AvgIpc) is 3.09. The van der Waals surface area contributed by atoms with Crippen LogP contribution in [0.15, 0.2) is 11.0 Å². The van der Waals surface area contributed by atoms with Crippen LogP contribution in [0.3, 0.4) is 0 Å². The molecule has 9 nitrogen and oxygen atoms in total. The van der Waals surface area contributed by atoms with Gasteiger partial charge in [-0.15, -0.1) is 0 Å². The highest BCUT2D eigenvalue weighted by atomic mass is 16.1. The van der Waals surface area contributed by atoms with Crippen LogP contribution in [0.4, 0.5) is 5.95 Å². The van der Waals surface area contributed by atoms with Crippen molar-refractivity contribution in [2.24, 2.45) is 0 Å². The fraction of sp³-hybridized carbons (Fsp3) is 0.562. The molecule has 132 valence electrons. The second kappa shape index (κ2) is 5.40. The van der Waals surface area contributed by atoms with Gasteiger partial charge in [-0.1, -0.05) is 0 Å². The van der Waals surface area contributed by atoms with E-state index < -0.39 is 0 Å². The van der Waals surface area contributed by atoms with Crippen molar-refractivity contribution in [2.75, 3.05) is 5.32 Å². The van der Waals surface area contributed by atoms with Crippen LogP contribution in [0.2, 0.25) is 0 Å². The Balaban J connectivity index is 1.65. The molecule has 0 radical (unpaired) electrons. The van der Waals surface area contributed by atoms with Crippen LogP contribution in [0.25, 0.3) is 11.0 Å². The zero-order valence-corrected chi connectivity index (χ0v) is 14.9. The van der Waals surface area contributed by atoms with Crippen molar-refractivity contribution < 1.29 is 0 Å². The molecular formula is C16H22N8O. The van der Waals surface area contributed by atoms with Gasteiger partial charge in [0.1, 0.15) is 17.0 Å². The Morgan fingerprint density at radius 2 is 2.12 bits per heavy atom. The van der Waals surface area contributed by atoms with E-state index >= 15 is 0 Å². The molecule has 25 heavy (non-hydrogen) atoms. The van der Waals surface area contributed by atoms with E-state index in [1.54, 1.807) is 10.9 Å². The van der Waals surface area contributed by atoms with Gasteiger partial charge in [-0.05, 0) is 34.1 Å². The van der Waals surface area contributed by atoms with E-state index in [1.807, 2.05) is 32.4 Å². The lowest BCUT2D eigenvalue weighted by atomic mass is 10.1. The van der Waals surface area contributed by atoms with E-state index in [0.717, 1.165) is 24.5 Å². The van der Waals surface area contributed by atoms with Gasteiger partial charge in [0.15, 0.2) is 5.65 Å². The maximum atomic E-state index is 12.4. The monoisotopic (exact) mass is 342 g/mol. The number of nitrogens with zero attached hydrogens (tertiary/aromatic N) is 6. The number of hydrogen-bond acceptors (Lipinski definition) is 6. The van der Waals surface area contributed by atoms with Gasteiger partial charge in [-0.2, -0.15) is 15.2 Å². The molecule has 9 heteroatoms. The van der Waals surface area contributed by atoms with Crippen LogP contribution < -0.4 is 10.9 Å². The van der Waals surface area contributed by atoms with Gasteiger partial charge in [-0.3, -0.25) is 9.78 Å². The normalized spacial score (nSPS) is 17.7. The van der Waals surface area contributed by atoms with Crippen molar-refractivity contribution in [1.29, 1.82) is 0 Å². The summed E-state index contributed by atoms with van der Waals surface area (Å²) in [6.07, 6.45) is 3.34. The van der Waals surface area contributed by atoms with Gasteiger partial charge in [0, 0.05) is 12.5 Å². The third-order valence-electron chi connectivity index (χ3n) is 4.38. The lowest BCUT2D eigenvalue weighted by Crippen LogP contribution is -2.33. The molecule has 0 amide bonds. The maximum Gasteiger partial charge on any atom is 0.263 e. The second-order valence-corrected chi connectivity index (χ2v) is 7.52. The third kappa shape index (κ3) is 2.79. The van der Waals surface area contributed by atoms with Gasteiger partial charge < -0.3 is 5.32 Å². The maximum absolute atomic E-state index is 12.4. The molecule has 0 saturated carbocycles. The highest BCUT2D eigenvalue weighted by Crippen LogP contribution is 2.20. The van der Waals surface area contributed by atoms with E-state index in [2.05, 4.69) is 30.5 Å². The molecule has 4 rings (SSSR count). The molecule has 3 aromatic rings. The van der Waals surface area contributed by atoms with Crippen molar-refractivity contribution in [3.8, 4) is 0 Å². The van der Waals surface area contributed by atoms with Gasteiger partial charge >= 0.3 is 0 Å². The highest BCUT2D eigenvalue weighted by molar-refractivity contribution is 5.74. The number of H-pyrrole nitrogens is 1. The number of aryl methyl sites for hydroxylation is 2. The minimum absolute atomic E-state index is 0.139. The summed E-state index contributed by atoms with van der Waals surface area (Å²) in [5, 5.41) is 12.6. The molecule has 0 spiro atoms. The van der Waals surface area contributed by atoms with E-state index in [9.17, 15) is 4.79 Å². The Labute approximate surface area is 144 Å². The summed E-state index contributed by atoms with van der Waals surface area (Å²) in [5.41, 5.74) is 0.153. The largest absolute Gasteiger partial charge is 0.351 e.